The van der Waals surface area contributed by atoms with Gasteiger partial charge >= 0.3 is 12.1 Å². The first-order valence-corrected chi connectivity index (χ1v) is 11.3. The van der Waals surface area contributed by atoms with E-state index in [4.69, 9.17) is 19.9 Å². The molecule has 3 rings (SSSR count). The maximum Gasteiger partial charge on any atom is 0.435 e. The summed E-state index contributed by atoms with van der Waals surface area (Å²) in [6.45, 7) is 4.28. The topological polar surface area (TPSA) is 129 Å². The van der Waals surface area contributed by atoms with Gasteiger partial charge in [-0.05, 0) is 62.1 Å². The van der Waals surface area contributed by atoms with Crippen molar-refractivity contribution in [2.75, 3.05) is 18.5 Å². The van der Waals surface area contributed by atoms with E-state index in [1.165, 1.54) is 0 Å². The monoisotopic (exact) mass is 467 g/mol. The molecule has 3 N–H and O–H groups in total. The highest BCUT2D eigenvalue weighted by atomic mass is 16.5. The van der Waals surface area contributed by atoms with Gasteiger partial charge < -0.3 is 25.3 Å². The molecule has 9 nitrogen and oxygen atoms in total. The number of nitrogens with zero attached hydrogens (tertiary/aromatic N) is 1. The molecule has 1 unspecified atom stereocenters. The molecule has 34 heavy (non-hydrogen) atoms. The van der Waals surface area contributed by atoms with Gasteiger partial charge in [0.2, 0.25) is 0 Å². The van der Waals surface area contributed by atoms with Crippen molar-refractivity contribution in [2.45, 2.75) is 45.6 Å². The lowest BCUT2D eigenvalue weighted by Gasteiger charge is -2.26. The third-order valence-electron chi connectivity index (χ3n) is 5.13. The Balaban J connectivity index is 1.59. The summed E-state index contributed by atoms with van der Waals surface area (Å²) >= 11 is 0. The summed E-state index contributed by atoms with van der Waals surface area (Å²) in [4.78, 5) is 39.6. The van der Waals surface area contributed by atoms with Gasteiger partial charge in [0.25, 0.3) is 5.91 Å². The number of fused-ring (bicyclic) bond motifs is 1. The summed E-state index contributed by atoms with van der Waals surface area (Å²) in [5, 5.41) is 2.87. The van der Waals surface area contributed by atoms with Crippen LogP contribution in [0.1, 0.15) is 54.6 Å². The Morgan fingerprint density at radius 3 is 2.53 bits per heavy atom. The molecule has 0 saturated carbocycles. The van der Waals surface area contributed by atoms with Gasteiger partial charge in [0.1, 0.15) is 17.7 Å². The van der Waals surface area contributed by atoms with Gasteiger partial charge in [0.05, 0.1) is 19.6 Å². The highest BCUT2D eigenvalue weighted by molar-refractivity contribution is 6.06. The second kappa shape index (κ2) is 11.8. The number of nitrogens with two attached hydrogens (primary N) is 1. The molecule has 2 aromatic rings. The molecule has 180 valence electrons. The highest BCUT2D eigenvalue weighted by Crippen LogP contribution is 2.31. The zero-order valence-corrected chi connectivity index (χ0v) is 19.3. The Morgan fingerprint density at radius 1 is 1.09 bits per heavy atom. The smallest absolute Gasteiger partial charge is 0.435 e. The van der Waals surface area contributed by atoms with Crippen LogP contribution in [0.25, 0.3) is 0 Å². The summed E-state index contributed by atoms with van der Waals surface area (Å²) in [6, 6.07) is 11.9. The van der Waals surface area contributed by atoms with E-state index < -0.39 is 6.09 Å². The second-order valence-electron chi connectivity index (χ2n) is 7.75. The predicted octanol–water partition coefficient (Wildman–Crippen LogP) is 3.84. The first kappa shape index (κ1) is 24.8. The van der Waals surface area contributed by atoms with E-state index in [9.17, 15) is 14.4 Å². The van der Waals surface area contributed by atoms with E-state index in [0.29, 0.717) is 42.0 Å². The molecular weight excluding hydrogens is 438 g/mol. The highest BCUT2D eigenvalue weighted by Gasteiger charge is 2.23. The van der Waals surface area contributed by atoms with Crippen molar-refractivity contribution < 1.29 is 28.6 Å². The van der Waals surface area contributed by atoms with Crippen molar-refractivity contribution in [1.29, 1.82) is 0 Å². The number of hydrogen-bond acceptors (Lipinski definition) is 6. The van der Waals surface area contributed by atoms with Crippen molar-refractivity contribution in [1.82, 2.24) is 0 Å². The van der Waals surface area contributed by atoms with Crippen LogP contribution in [0, 0.1) is 0 Å². The van der Waals surface area contributed by atoms with Crippen LogP contribution in [0.3, 0.4) is 0 Å². The van der Waals surface area contributed by atoms with Crippen molar-refractivity contribution >= 4 is 29.5 Å². The lowest BCUT2D eigenvalue weighted by molar-refractivity contribution is -0.145. The Kier molecular flexibility index (Phi) is 8.61. The lowest BCUT2D eigenvalue weighted by atomic mass is 10.00. The molecule has 2 amide bonds. The molecule has 0 spiro atoms. The minimum Gasteiger partial charge on any atom is -0.490 e. The summed E-state index contributed by atoms with van der Waals surface area (Å²) in [7, 11) is 0. The van der Waals surface area contributed by atoms with Crippen LogP contribution < -0.4 is 15.8 Å². The molecule has 0 bridgehead atoms. The number of carbonyl (C=O) groups excluding carboxylic acids is 3. The summed E-state index contributed by atoms with van der Waals surface area (Å²) in [6.07, 6.45) is 1.38. The quantitative estimate of drug-likeness (QED) is 0.343. The van der Waals surface area contributed by atoms with Crippen LogP contribution in [0.2, 0.25) is 0 Å². The Labute approximate surface area is 198 Å². The summed E-state index contributed by atoms with van der Waals surface area (Å²) in [5.74, 6) is 0.163. The van der Waals surface area contributed by atoms with Crippen LogP contribution >= 0.6 is 0 Å². The zero-order chi connectivity index (χ0) is 24.5. The SMILES string of the molecule is CCCOC(=O)N=C(N)c1ccc(C(=O)Nc2ccc3c(c2)CCC(CC(=O)OCC)O3)cc1. The molecule has 1 atom stereocenters. The fourth-order valence-corrected chi connectivity index (χ4v) is 3.45. The average molecular weight is 468 g/mol. The second-order valence-corrected chi connectivity index (χ2v) is 7.75. The molecule has 1 heterocycles. The van der Waals surface area contributed by atoms with Gasteiger partial charge in [-0.25, -0.2) is 4.79 Å². The van der Waals surface area contributed by atoms with Gasteiger partial charge in [0, 0.05) is 16.8 Å². The van der Waals surface area contributed by atoms with Crippen LogP contribution in [0.4, 0.5) is 10.5 Å². The minimum absolute atomic E-state index is 0.0176. The van der Waals surface area contributed by atoms with Crippen molar-refractivity contribution in [2.24, 2.45) is 10.7 Å². The predicted molar refractivity (Wildman–Crippen MR) is 127 cm³/mol. The Bertz CT molecular complexity index is 1060. The van der Waals surface area contributed by atoms with Gasteiger partial charge in [-0.15, -0.1) is 0 Å². The number of amidine groups is 1. The van der Waals surface area contributed by atoms with Gasteiger partial charge in [-0.2, -0.15) is 4.99 Å². The number of aliphatic imine (C=N–C) groups is 1. The molecule has 0 aliphatic carbocycles. The van der Waals surface area contributed by atoms with Crippen molar-refractivity contribution in [3.63, 3.8) is 0 Å². The zero-order valence-electron chi connectivity index (χ0n) is 19.3. The number of anilines is 1. The number of rotatable bonds is 8. The molecular formula is C25H29N3O6. The van der Waals surface area contributed by atoms with Crippen molar-refractivity contribution in [3.05, 3.63) is 59.2 Å². The fourth-order valence-electron chi connectivity index (χ4n) is 3.45. The van der Waals surface area contributed by atoms with Crippen LogP contribution in [0.5, 0.6) is 5.75 Å². The first-order chi connectivity index (χ1) is 16.4. The first-order valence-electron chi connectivity index (χ1n) is 11.3. The molecule has 9 heteroatoms. The maximum absolute atomic E-state index is 12.7. The number of ether oxygens (including phenoxy) is 3. The van der Waals surface area contributed by atoms with E-state index in [0.717, 1.165) is 12.0 Å². The minimum atomic E-state index is -0.746. The van der Waals surface area contributed by atoms with E-state index in [2.05, 4.69) is 10.3 Å². The van der Waals surface area contributed by atoms with Gasteiger partial charge in [-0.3, -0.25) is 9.59 Å². The number of hydrogen-bond donors (Lipinski definition) is 2. The largest absolute Gasteiger partial charge is 0.490 e. The van der Waals surface area contributed by atoms with E-state index in [1.807, 2.05) is 13.0 Å². The molecule has 0 fully saturated rings. The standard InChI is InChI=1S/C25H29N3O6/c1-3-13-33-25(31)28-23(26)16-5-7-17(8-6-16)24(30)27-19-10-12-21-18(14-19)9-11-20(34-21)15-22(29)32-4-2/h5-8,10,12,14,20H,3-4,9,11,13,15H2,1-2H3,(H,27,30)(H2,26,28,31). The third-order valence-corrected chi connectivity index (χ3v) is 5.13. The number of benzene rings is 2. The molecule has 0 saturated heterocycles. The van der Waals surface area contributed by atoms with Gasteiger partial charge in [-0.1, -0.05) is 19.1 Å². The molecule has 0 radical (unpaired) electrons. The normalized spacial score (nSPS) is 15.0. The Hall–Kier alpha value is -3.88. The third kappa shape index (κ3) is 6.81. The maximum atomic E-state index is 12.7. The van der Waals surface area contributed by atoms with Crippen molar-refractivity contribution in [3.8, 4) is 5.75 Å². The lowest BCUT2D eigenvalue weighted by Crippen LogP contribution is -2.26. The van der Waals surface area contributed by atoms with Gasteiger partial charge in [0.15, 0.2) is 0 Å². The summed E-state index contributed by atoms with van der Waals surface area (Å²) < 4.78 is 15.8. The number of nitrogens with one attached hydrogen (secondary N) is 1. The number of carbonyl (C=O) groups is 3. The molecule has 1 aliphatic heterocycles. The molecule has 0 aromatic heterocycles. The number of esters is 1. The molecule has 2 aromatic carbocycles. The Morgan fingerprint density at radius 2 is 1.82 bits per heavy atom. The van der Waals surface area contributed by atoms with E-state index in [1.54, 1.807) is 43.3 Å². The number of aryl methyl sites for hydroxylation is 1. The summed E-state index contributed by atoms with van der Waals surface area (Å²) in [5.41, 5.74) is 8.38. The van der Waals surface area contributed by atoms with Crippen LogP contribution in [0.15, 0.2) is 47.5 Å². The van der Waals surface area contributed by atoms with Crippen LogP contribution in [-0.4, -0.2) is 43.1 Å². The van der Waals surface area contributed by atoms with Crippen LogP contribution in [-0.2, 0) is 20.7 Å². The van der Waals surface area contributed by atoms with E-state index >= 15 is 0 Å². The fraction of sp³-hybridized carbons (Fsp3) is 0.360. The molecule has 1 aliphatic rings. The van der Waals surface area contributed by atoms with E-state index in [-0.39, 0.29) is 36.8 Å². The number of amides is 2. The average Bonchev–Trinajstić information content (AvgIpc) is 2.83.